The van der Waals surface area contributed by atoms with Gasteiger partial charge < -0.3 is 4.89 Å². The van der Waals surface area contributed by atoms with Gasteiger partial charge in [0.25, 0.3) is 0 Å². The van der Waals surface area contributed by atoms with Crippen molar-refractivity contribution in [2.75, 3.05) is 0 Å². The van der Waals surface area contributed by atoms with Gasteiger partial charge in [0.1, 0.15) is 0 Å². The molecule has 122 valence electrons. The molecule has 0 aromatic heterocycles. The van der Waals surface area contributed by atoms with Crippen LogP contribution in [-0.2, 0) is 10.1 Å². The molecule has 3 rings (SSSR count). The van der Waals surface area contributed by atoms with E-state index in [1.54, 1.807) is 0 Å². The van der Waals surface area contributed by atoms with Gasteiger partial charge >= 0.3 is 49.6 Å². The molecule has 0 spiro atoms. The third-order valence-electron chi connectivity index (χ3n) is 2.67. The molecular weight excluding hydrogens is 618 g/mol. The maximum absolute atomic E-state index is 10.1. The van der Waals surface area contributed by atoms with E-state index >= 15 is 0 Å². The Labute approximate surface area is 168 Å². The fourth-order valence-corrected chi connectivity index (χ4v) is 2.88. The van der Waals surface area contributed by atoms with Crippen LogP contribution >= 0.6 is 47.6 Å². The fourth-order valence-electron chi connectivity index (χ4n) is 1.67. The Morgan fingerprint density at radius 3 is 1.04 bits per heavy atom. The second kappa shape index (κ2) is 14.5. The summed E-state index contributed by atoms with van der Waals surface area (Å²) in [4.78, 5) is 10.1. The predicted octanol–water partition coefficient (Wildman–Crippen LogP) is 5.48. The van der Waals surface area contributed by atoms with Crippen LogP contribution in [0.15, 0.2) is 97.1 Å². The molecule has 0 amide bonds. The van der Waals surface area contributed by atoms with Crippen LogP contribution in [-0.4, -0.2) is 4.89 Å². The molecule has 0 aliphatic heterocycles. The van der Waals surface area contributed by atoms with Gasteiger partial charge in [0, 0.05) is 10.6 Å². The summed E-state index contributed by atoms with van der Waals surface area (Å²) >= 11 is 4.73. The maximum Gasteiger partial charge on any atom is -0.0623 e. The largest absolute Gasteiger partial charge is 0.0623 e. The molecule has 1 N–H and O–H groups in total. The van der Waals surface area contributed by atoms with Crippen molar-refractivity contribution in [2.45, 2.75) is 0 Å². The maximum atomic E-state index is 10.1. The van der Waals surface area contributed by atoms with E-state index in [0.717, 1.165) is 10.6 Å². The van der Waals surface area contributed by atoms with Crippen LogP contribution < -0.4 is 10.6 Å². The molecule has 3 aromatic carbocycles. The van der Waals surface area contributed by atoms with Gasteiger partial charge in [-0.2, -0.15) is 0 Å². The van der Waals surface area contributed by atoms with Gasteiger partial charge in [0.05, 0.1) is 8.15 Å². The van der Waals surface area contributed by atoms with Crippen LogP contribution in [0.2, 0.25) is 0 Å². The van der Waals surface area contributed by atoms with Crippen molar-refractivity contribution in [3.63, 3.8) is 0 Å². The van der Waals surface area contributed by atoms with Crippen molar-refractivity contribution in [1.29, 1.82) is 0 Å². The van der Waals surface area contributed by atoms with Crippen molar-refractivity contribution in [3.8, 4) is 0 Å². The second-order valence-corrected chi connectivity index (χ2v) is 19.2. The van der Waals surface area contributed by atoms with Crippen LogP contribution in [0, 0.1) is 0 Å². The number of hydrogen-bond donors (Lipinski definition) is 1. The van der Waals surface area contributed by atoms with Crippen LogP contribution in [0.3, 0.4) is 0 Å². The summed E-state index contributed by atoms with van der Waals surface area (Å²) in [5.74, 6) is 0. The van der Waals surface area contributed by atoms with E-state index in [1.165, 1.54) is 0 Å². The Bertz CT molecular complexity index is 546. The van der Waals surface area contributed by atoms with Gasteiger partial charge in [-0.15, -0.1) is 0 Å². The zero-order chi connectivity index (χ0) is 16.8. The van der Waals surface area contributed by atoms with Crippen LogP contribution in [0.4, 0.5) is 0 Å². The summed E-state index contributed by atoms with van der Waals surface area (Å²) < 4.78 is 0. The summed E-state index contributed by atoms with van der Waals surface area (Å²) in [7, 11) is -0.521. The molecule has 0 heterocycles. The summed E-state index contributed by atoms with van der Waals surface area (Å²) in [5, 5.41) is 1.99. The first-order valence-electron chi connectivity index (χ1n) is 6.74. The quantitative estimate of drug-likeness (QED) is 0.225. The molecular formula is C18H17I2OPRu. The van der Waals surface area contributed by atoms with E-state index in [9.17, 15) is 4.89 Å². The molecule has 0 radical (unpaired) electrons. The Kier molecular flexibility index (Phi) is 13.3. The van der Waals surface area contributed by atoms with Crippen LogP contribution in [0.25, 0.3) is 0 Å². The monoisotopic (exact) mass is 636 g/mol. The third-order valence-corrected chi connectivity index (χ3v) is 4.24. The number of halogens is 2. The smallest absolute Gasteiger partial charge is 0.0623 e. The van der Waals surface area contributed by atoms with Crippen LogP contribution in [0.5, 0.6) is 0 Å². The van der Waals surface area contributed by atoms with Gasteiger partial charge in [-0.1, -0.05) is 97.1 Å². The van der Waals surface area contributed by atoms with Gasteiger partial charge in [-0.25, -0.2) is 0 Å². The Morgan fingerprint density at radius 1 is 0.565 bits per heavy atom. The van der Waals surface area contributed by atoms with E-state index in [-0.39, 0.29) is 0 Å². The van der Waals surface area contributed by atoms with E-state index in [4.69, 9.17) is 0 Å². The first-order valence-corrected chi connectivity index (χ1v) is 18.4. The molecule has 0 saturated carbocycles. The summed E-state index contributed by atoms with van der Waals surface area (Å²) in [6.45, 7) is 0. The predicted molar refractivity (Wildman–Crippen MR) is 116 cm³/mol. The first kappa shape index (κ1) is 21.2. The molecule has 3 aromatic rings. The minimum Gasteiger partial charge on any atom is -0.0623 e. The van der Waals surface area contributed by atoms with Gasteiger partial charge in [-0.05, 0) is 0 Å². The minimum atomic E-state index is -1.17. The molecule has 1 nitrogen and oxygen atoms in total. The van der Waals surface area contributed by atoms with Gasteiger partial charge in [0.15, 0.2) is 0 Å². The molecule has 0 atom stereocenters. The minimum absolute atomic E-state index is 0.650. The Balaban J connectivity index is 0.000000244. The zero-order valence-electron chi connectivity index (χ0n) is 12.2. The molecule has 0 fully saturated rings. The average molecular weight is 635 g/mol. The molecule has 0 aliphatic rings. The van der Waals surface area contributed by atoms with E-state index < -0.39 is 8.15 Å². The van der Waals surface area contributed by atoms with Crippen molar-refractivity contribution in [2.24, 2.45) is 0 Å². The third kappa shape index (κ3) is 9.88. The normalized spacial score (nSPS) is 9.39. The summed E-state index contributed by atoms with van der Waals surface area (Å²) in [5.41, 5.74) is 0. The van der Waals surface area contributed by atoms with Crippen molar-refractivity contribution in [1.82, 2.24) is 0 Å². The van der Waals surface area contributed by atoms with Gasteiger partial charge in [-0.3, -0.25) is 0 Å². The summed E-state index contributed by atoms with van der Waals surface area (Å²) in [6, 6.07) is 31.5. The number of benzene rings is 3. The second-order valence-electron chi connectivity index (χ2n) is 4.19. The molecule has 23 heavy (non-hydrogen) atoms. The number of rotatable bonds is 2. The van der Waals surface area contributed by atoms with Gasteiger partial charge in [0.2, 0.25) is 0 Å². The van der Waals surface area contributed by atoms with E-state index in [2.05, 4.69) is 39.5 Å². The molecule has 0 saturated heterocycles. The molecule has 0 unspecified atom stereocenters. The average Bonchev–Trinajstić information content (AvgIpc) is 2.65. The SMILES string of the molecule is OP(c1ccccc1)c1ccccc1.[I][Ru][I].c1ccccc1. The first-order chi connectivity index (χ1) is 11.3. The number of hydrogen-bond acceptors (Lipinski definition) is 1. The summed E-state index contributed by atoms with van der Waals surface area (Å²) in [6.07, 6.45) is 0. The molecule has 0 bridgehead atoms. The standard InChI is InChI=1S/C12H11OP.C6H6.2HI.Ru/c13-14(11-7-3-1-4-8-11)12-9-5-2-6-10-12;1-2-4-6-5-3-1;;;/h1-10,13H;1-6H;2*1H;/q;;;;+2/p-2. The van der Waals surface area contributed by atoms with Crippen molar-refractivity contribution in [3.05, 3.63) is 97.1 Å². The van der Waals surface area contributed by atoms with E-state index in [0.29, 0.717) is 10.1 Å². The Hall–Kier alpha value is 0.133. The van der Waals surface area contributed by atoms with Crippen LogP contribution in [0.1, 0.15) is 0 Å². The van der Waals surface area contributed by atoms with E-state index in [1.807, 2.05) is 97.1 Å². The van der Waals surface area contributed by atoms with Crippen molar-refractivity contribution < 1.29 is 15.0 Å². The molecule has 5 heteroatoms. The van der Waals surface area contributed by atoms with Crippen molar-refractivity contribution >= 4 is 58.3 Å². The molecule has 0 aliphatic carbocycles. The topological polar surface area (TPSA) is 20.2 Å². The zero-order valence-corrected chi connectivity index (χ0v) is 19.2. The fraction of sp³-hybridized carbons (Fsp3) is 0. The Morgan fingerprint density at radius 2 is 0.783 bits per heavy atom.